The lowest BCUT2D eigenvalue weighted by atomic mass is 10.4. The highest BCUT2D eigenvalue weighted by Crippen LogP contribution is 2.27. The molecule has 1 heterocycles. The normalized spacial score (nSPS) is 22.5. The molecule has 3 nitrogen and oxygen atoms in total. The Kier molecular flexibility index (Phi) is 3.45. The van der Waals surface area contributed by atoms with Crippen LogP contribution < -0.4 is 0 Å². The van der Waals surface area contributed by atoms with Crippen molar-refractivity contribution in [1.29, 1.82) is 0 Å². The van der Waals surface area contributed by atoms with Crippen LogP contribution in [0.1, 0.15) is 6.42 Å². The molecule has 0 bridgehead atoms. The van der Waals surface area contributed by atoms with Gasteiger partial charge in [-0.1, -0.05) is 23.7 Å². The highest BCUT2D eigenvalue weighted by molar-refractivity contribution is 7.89. The van der Waals surface area contributed by atoms with Gasteiger partial charge in [0.05, 0.1) is 5.02 Å². The van der Waals surface area contributed by atoms with Gasteiger partial charge in [-0.25, -0.2) is 8.42 Å². The Morgan fingerprint density at radius 2 is 2.00 bits per heavy atom. The first-order valence-electron chi connectivity index (χ1n) is 4.90. The first kappa shape index (κ1) is 12.2. The molecule has 0 aliphatic carbocycles. The quantitative estimate of drug-likeness (QED) is 0.780. The molecule has 2 rings (SSSR count). The summed E-state index contributed by atoms with van der Waals surface area (Å²) in [7, 11) is -3.49. The summed E-state index contributed by atoms with van der Waals surface area (Å²) in [5.74, 6) is 0. The molecule has 0 N–H and O–H groups in total. The van der Waals surface area contributed by atoms with Crippen molar-refractivity contribution < 1.29 is 8.42 Å². The van der Waals surface area contributed by atoms with Crippen molar-refractivity contribution in [1.82, 2.24) is 4.31 Å². The van der Waals surface area contributed by atoms with Gasteiger partial charge < -0.3 is 0 Å². The van der Waals surface area contributed by atoms with Crippen LogP contribution in [0, 0.1) is 0 Å². The third-order valence-electron chi connectivity index (χ3n) is 2.55. The second-order valence-electron chi connectivity index (χ2n) is 3.68. The minimum absolute atomic E-state index is 0.0998. The smallest absolute Gasteiger partial charge is 0.207 e. The Morgan fingerprint density at radius 1 is 1.31 bits per heavy atom. The lowest BCUT2D eigenvalue weighted by Gasteiger charge is -2.16. The van der Waals surface area contributed by atoms with E-state index in [1.165, 1.54) is 10.4 Å². The number of alkyl halides is 1. The molecule has 0 spiro atoms. The summed E-state index contributed by atoms with van der Waals surface area (Å²) >= 11 is 11.8. The maximum Gasteiger partial charge on any atom is 0.244 e. The Bertz CT molecular complexity index is 489. The molecule has 0 saturated carbocycles. The van der Waals surface area contributed by atoms with Gasteiger partial charge in [-0.2, -0.15) is 4.31 Å². The van der Waals surface area contributed by atoms with Crippen molar-refractivity contribution in [3.8, 4) is 0 Å². The second-order valence-corrected chi connectivity index (χ2v) is 6.61. The van der Waals surface area contributed by atoms with Crippen LogP contribution in [0.25, 0.3) is 0 Å². The van der Waals surface area contributed by atoms with Crippen LogP contribution in [-0.4, -0.2) is 31.2 Å². The zero-order chi connectivity index (χ0) is 11.8. The second kappa shape index (κ2) is 4.53. The molecule has 1 aromatic rings. The molecular weight excluding hydrogens is 269 g/mol. The molecular formula is C10H11Cl2NO2S. The molecule has 0 amide bonds. The minimum atomic E-state index is -3.49. The van der Waals surface area contributed by atoms with Crippen molar-refractivity contribution in [2.45, 2.75) is 16.7 Å². The number of halogens is 2. The van der Waals surface area contributed by atoms with Crippen LogP contribution in [0.3, 0.4) is 0 Å². The fourth-order valence-corrected chi connectivity index (χ4v) is 4.04. The number of hydrogen-bond acceptors (Lipinski definition) is 2. The van der Waals surface area contributed by atoms with Gasteiger partial charge in [0, 0.05) is 18.5 Å². The number of benzene rings is 1. The molecule has 16 heavy (non-hydrogen) atoms. The van der Waals surface area contributed by atoms with Crippen molar-refractivity contribution in [2.75, 3.05) is 13.1 Å². The van der Waals surface area contributed by atoms with Gasteiger partial charge in [-0.15, -0.1) is 11.6 Å². The van der Waals surface area contributed by atoms with Crippen molar-refractivity contribution in [3.05, 3.63) is 29.3 Å². The average Bonchev–Trinajstić information content (AvgIpc) is 2.66. The Morgan fingerprint density at radius 3 is 2.56 bits per heavy atom. The van der Waals surface area contributed by atoms with Gasteiger partial charge in [-0.3, -0.25) is 0 Å². The highest BCUT2D eigenvalue weighted by atomic mass is 35.5. The van der Waals surface area contributed by atoms with Crippen molar-refractivity contribution in [2.24, 2.45) is 0 Å². The van der Waals surface area contributed by atoms with Gasteiger partial charge in [-0.05, 0) is 18.6 Å². The predicted octanol–water partition coefficient (Wildman–Crippen LogP) is 2.34. The predicted molar refractivity (Wildman–Crippen MR) is 64.5 cm³/mol. The van der Waals surface area contributed by atoms with Gasteiger partial charge >= 0.3 is 0 Å². The van der Waals surface area contributed by atoms with Crippen LogP contribution in [0.15, 0.2) is 29.2 Å². The zero-order valence-electron chi connectivity index (χ0n) is 8.44. The van der Waals surface area contributed by atoms with E-state index in [4.69, 9.17) is 23.2 Å². The molecule has 0 radical (unpaired) electrons. The molecule has 1 fully saturated rings. The molecule has 1 aliphatic heterocycles. The summed E-state index contributed by atoms with van der Waals surface area (Å²) in [6.07, 6.45) is 0.686. The number of hydrogen-bond donors (Lipinski definition) is 0. The van der Waals surface area contributed by atoms with Gasteiger partial charge in [0.25, 0.3) is 0 Å². The van der Waals surface area contributed by atoms with E-state index >= 15 is 0 Å². The molecule has 1 aromatic carbocycles. The van der Waals surface area contributed by atoms with Crippen LogP contribution in [0.2, 0.25) is 5.02 Å². The van der Waals surface area contributed by atoms with Gasteiger partial charge in [0.1, 0.15) is 4.90 Å². The van der Waals surface area contributed by atoms with E-state index in [0.29, 0.717) is 19.5 Å². The topological polar surface area (TPSA) is 37.4 Å². The Balaban J connectivity index is 2.36. The van der Waals surface area contributed by atoms with Crippen LogP contribution in [0.4, 0.5) is 0 Å². The van der Waals surface area contributed by atoms with E-state index < -0.39 is 10.0 Å². The van der Waals surface area contributed by atoms with Gasteiger partial charge in [0.15, 0.2) is 0 Å². The third-order valence-corrected chi connectivity index (χ3v) is 5.27. The summed E-state index contributed by atoms with van der Waals surface area (Å²) in [5.41, 5.74) is 0. The Labute approximate surface area is 105 Å². The molecule has 1 unspecified atom stereocenters. The maximum atomic E-state index is 12.2. The van der Waals surface area contributed by atoms with E-state index in [1.807, 2.05) is 0 Å². The first-order chi connectivity index (χ1) is 7.51. The average molecular weight is 280 g/mol. The summed E-state index contributed by atoms with van der Waals surface area (Å²) in [4.78, 5) is 0.155. The van der Waals surface area contributed by atoms with E-state index in [2.05, 4.69) is 0 Å². The van der Waals surface area contributed by atoms with Crippen LogP contribution in [-0.2, 0) is 10.0 Å². The van der Waals surface area contributed by atoms with Crippen molar-refractivity contribution in [3.63, 3.8) is 0 Å². The lowest BCUT2D eigenvalue weighted by molar-refractivity contribution is 0.478. The maximum absolute atomic E-state index is 12.2. The molecule has 0 aromatic heterocycles. The molecule has 1 saturated heterocycles. The molecule has 6 heteroatoms. The summed E-state index contributed by atoms with van der Waals surface area (Å²) in [6, 6.07) is 6.45. The fourth-order valence-electron chi connectivity index (χ4n) is 1.70. The monoisotopic (exact) mass is 279 g/mol. The van der Waals surface area contributed by atoms with Gasteiger partial charge in [0.2, 0.25) is 10.0 Å². The van der Waals surface area contributed by atoms with Crippen LogP contribution in [0.5, 0.6) is 0 Å². The Hall–Kier alpha value is -0.290. The summed E-state index contributed by atoms with van der Waals surface area (Å²) in [5, 5.41) is 0.151. The number of rotatable bonds is 2. The number of nitrogens with zero attached hydrogens (tertiary/aromatic N) is 1. The standard InChI is InChI=1S/C10H11Cl2NO2S/c11-8-5-6-13(7-8)16(14,15)10-4-2-1-3-9(10)12/h1-4,8H,5-7H2. The number of sulfonamides is 1. The SMILES string of the molecule is O=S(=O)(c1ccccc1Cl)N1CCC(Cl)C1. The van der Waals surface area contributed by atoms with E-state index in [1.54, 1.807) is 18.2 Å². The van der Waals surface area contributed by atoms with Crippen LogP contribution >= 0.6 is 23.2 Å². The highest BCUT2D eigenvalue weighted by Gasteiger charge is 2.32. The molecule has 88 valence electrons. The third kappa shape index (κ3) is 2.20. The zero-order valence-corrected chi connectivity index (χ0v) is 10.8. The van der Waals surface area contributed by atoms with Crippen molar-refractivity contribution >= 4 is 33.2 Å². The minimum Gasteiger partial charge on any atom is -0.207 e. The first-order valence-corrected chi connectivity index (χ1v) is 7.16. The van der Waals surface area contributed by atoms with E-state index in [0.717, 1.165) is 0 Å². The van der Waals surface area contributed by atoms with E-state index in [-0.39, 0.29) is 15.3 Å². The summed E-state index contributed by atoms with van der Waals surface area (Å²) < 4.78 is 25.7. The van der Waals surface area contributed by atoms with E-state index in [9.17, 15) is 8.42 Å². The molecule has 1 aliphatic rings. The lowest BCUT2D eigenvalue weighted by Crippen LogP contribution is -2.29. The summed E-state index contributed by atoms with van der Waals surface area (Å²) in [6.45, 7) is 0.816. The molecule has 1 atom stereocenters. The largest absolute Gasteiger partial charge is 0.244 e. The fraction of sp³-hybridized carbons (Fsp3) is 0.400.